The normalized spacial score (nSPS) is 21.6. The maximum atomic E-state index is 12.7. The number of fused-ring (bicyclic) bond motifs is 1. The fourth-order valence-corrected chi connectivity index (χ4v) is 3.46. The van der Waals surface area contributed by atoms with Crippen molar-refractivity contribution in [1.82, 2.24) is 9.88 Å². The number of ether oxygens (including phenoxy) is 1. The number of hydrogen-bond donors (Lipinski definition) is 2. The minimum Gasteiger partial charge on any atom is -0.496 e. The molecule has 23 heavy (non-hydrogen) atoms. The summed E-state index contributed by atoms with van der Waals surface area (Å²) in [5, 5.41) is 10.5. The second-order valence-electron chi connectivity index (χ2n) is 6.76. The highest BCUT2D eigenvalue weighted by atomic mass is 16.5. The molecule has 1 aromatic carbocycles. The Hall–Kier alpha value is -2.01. The van der Waals surface area contributed by atoms with Gasteiger partial charge in [-0.25, -0.2) is 0 Å². The van der Waals surface area contributed by atoms with Gasteiger partial charge in [-0.05, 0) is 30.5 Å². The Balaban J connectivity index is 1.81. The Morgan fingerprint density at radius 1 is 1.48 bits per heavy atom. The zero-order chi connectivity index (χ0) is 16.4. The summed E-state index contributed by atoms with van der Waals surface area (Å²) in [5.41, 5.74) is 1.76. The summed E-state index contributed by atoms with van der Waals surface area (Å²) in [6.07, 6.45) is 4.15. The van der Waals surface area contributed by atoms with E-state index in [-0.39, 0.29) is 17.9 Å². The van der Waals surface area contributed by atoms with E-state index in [0.717, 1.165) is 41.6 Å². The first-order valence-electron chi connectivity index (χ1n) is 8.08. The molecule has 0 saturated carbocycles. The molecule has 2 aromatic rings. The van der Waals surface area contributed by atoms with E-state index < -0.39 is 0 Å². The van der Waals surface area contributed by atoms with Crippen LogP contribution in [0.15, 0.2) is 24.4 Å². The number of aliphatic hydroxyl groups is 1. The molecule has 124 valence electrons. The fourth-order valence-electron chi connectivity index (χ4n) is 3.46. The molecule has 0 radical (unpaired) electrons. The predicted octanol–water partition coefficient (Wildman–Crippen LogP) is 2.34. The first-order valence-corrected chi connectivity index (χ1v) is 8.08. The number of rotatable bonds is 4. The molecule has 1 aromatic heterocycles. The number of aromatic amines is 1. The number of nitrogens with one attached hydrogen (secondary N) is 1. The monoisotopic (exact) mass is 316 g/mol. The standard InChI is InChI=1S/C18H24N2O3/c1-18(12-21)7-4-8-20(11-18)16(22)9-13-10-19-14-5-3-6-15(23-2)17(13)14/h3,5-6,10,19,21H,4,7-9,11-12H2,1-2H3. The molecule has 1 saturated heterocycles. The van der Waals surface area contributed by atoms with E-state index in [9.17, 15) is 9.90 Å². The van der Waals surface area contributed by atoms with E-state index in [1.807, 2.05) is 36.2 Å². The lowest BCUT2D eigenvalue weighted by Gasteiger charge is -2.39. The molecule has 5 nitrogen and oxygen atoms in total. The Morgan fingerprint density at radius 2 is 2.30 bits per heavy atom. The Bertz CT molecular complexity index is 709. The number of benzene rings is 1. The number of amides is 1. The van der Waals surface area contributed by atoms with Crippen LogP contribution in [0.25, 0.3) is 10.9 Å². The van der Waals surface area contributed by atoms with Crippen molar-refractivity contribution in [2.45, 2.75) is 26.2 Å². The summed E-state index contributed by atoms with van der Waals surface area (Å²) in [6, 6.07) is 5.82. The van der Waals surface area contributed by atoms with Gasteiger partial charge >= 0.3 is 0 Å². The molecular weight excluding hydrogens is 292 g/mol. The van der Waals surface area contributed by atoms with Gasteiger partial charge in [0.1, 0.15) is 5.75 Å². The molecule has 1 unspecified atom stereocenters. The van der Waals surface area contributed by atoms with Crippen molar-refractivity contribution in [1.29, 1.82) is 0 Å². The quantitative estimate of drug-likeness (QED) is 0.910. The number of methoxy groups -OCH3 is 1. The van der Waals surface area contributed by atoms with Crippen LogP contribution in [0.2, 0.25) is 0 Å². The zero-order valence-corrected chi connectivity index (χ0v) is 13.8. The lowest BCUT2D eigenvalue weighted by molar-refractivity contribution is -0.134. The maximum Gasteiger partial charge on any atom is 0.227 e. The molecular formula is C18H24N2O3. The minimum atomic E-state index is -0.175. The number of aliphatic hydroxyl groups excluding tert-OH is 1. The number of piperidine rings is 1. The van der Waals surface area contributed by atoms with Gasteiger partial charge in [0, 0.05) is 35.6 Å². The van der Waals surface area contributed by atoms with Gasteiger partial charge in [0.05, 0.1) is 20.1 Å². The van der Waals surface area contributed by atoms with Gasteiger partial charge in [0.25, 0.3) is 0 Å². The molecule has 1 aliphatic rings. The van der Waals surface area contributed by atoms with Crippen LogP contribution in [-0.4, -0.2) is 47.7 Å². The molecule has 3 rings (SSSR count). The smallest absolute Gasteiger partial charge is 0.227 e. The largest absolute Gasteiger partial charge is 0.496 e. The number of carbonyl (C=O) groups is 1. The van der Waals surface area contributed by atoms with Crippen LogP contribution in [0.4, 0.5) is 0 Å². The first-order chi connectivity index (χ1) is 11.1. The van der Waals surface area contributed by atoms with E-state index in [0.29, 0.717) is 13.0 Å². The molecule has 5 heteroatoms. The van der Waals surface area contributed by atoms with Crippen LogP contribution in [-0.2, 0) is 11.2 Å². The molecule has 2 N–H and O–H groups in total. The first kappa shape index (κ1) is 15.9. The molecule has 1 aliphatic heterocycles. The molecule has 1 amide bonds. The summed E-state index contributed by atoms with van der Waals surface area (Å²) in [6.45, 7) is 3.56. The summed E-state index contributed by atoms with van der Waals surface area (Å²) in [7, 11) is 1.64. The van der Waals surface area contributed by atoms with Gasteiger partial charge in [-0.1, -0.05) is 13.0 Å². The second-order valence-corrected chi connectivity index (χ2v) is 6.76. The van der Waals surface area contributed by atoms with Gasteiger partial charge in [0.15, 0.2) is 0 Å². The van der Waals surface area contributed by atoms with Crippen molar-refractivity contribution in [2.75, 3.05) is 26.8 Å². The van der Waals surface area contributed by atoms with E-state index >= 15 is 0 Å². The average molecular weight is 316 g/mol. The molecule has 0 aliphatic carbocycles. The highest BCUT2D eigenvalue weighted by molar-refractivity contribution is 5.93. The summed E-state index contributed by atoms with van der Waals surface area (Å²) in [4.78, 5) is 17.8. The Kier molecular flexibility index (Phi) is 4.31. The number of carbonyl (C=O) groups excluding carboxylic acids is 1. The van der Waals surface area contributed by atoms with E-state index in [1.165, 1.54) is 0 Å². The molecule has 1 fully saturated rings. The van der Waals surface area contributed by atoms with Gasteiger partial charge in [-0.2, -0.15) is 0 Å². The predicted molar refractivity (Wildman–Crippen MR) is 89.6 cm³/mol. The van der Waals surface area contributed by atoms with Crippen LogP contribution in [0.1, 0.15) is 25.3 Å². The topological polar surface area (TPSA) is 65.6 Å². The van der Waals surface area contributed by atoms with Crippen molar-refractivity contribution in [3.63, 3.8) is 0 Å². The molecule has 2 heterocycles. The fraction of sp³-hybridized carbons (Fsp3) is 0.500. The maximum absolute atomic E-state index is 12.7. The number of hydrogen-bond acceptors (Lipinski definition) is 3. The van der Waals surface area contributed by atoms with E-state index in [2.05, 4.69) is 4.98 Å². The molecule has 0 bridgehead atoms. The minimum absolute atomic E-state index is 0.108. The summed E-state index contributed by atoms with van der Waals surface area (Å²) < 4.78 is 5.43. The SMILES string of the molecule is COc1cccc2[nH]cc(CC(=O)N3CCCC(C)(CO)C3)c12. The van der Waals surface area contributed by atoms with Gasteiger partial charge < -0.3 is 19.7 Å². The third kappa shape index (κ3) is 3.06. The Labute approximate surface area is 136 Å². The highest BCUT2D eigenvalue weighted by Crippen LogP contribution is 2.31. The lowest BCUT2D eigenvalue weighted by Crippen LogP contribution is -2.46. The van der Waals surface area contributed by atoms with Crippen LogP contribution >= 0.6 is 0 Å². The van der Waals surface area contributed by atoms with Crippen molar-refractivity contribution >= 4 is 16.8 Å². The second kappa shape index (κ2) is 6.24. The van der Waals surface area contributed by atoms with E-state index in [4.69, 9.17) is 4.74 Å². The summed E-state index contributed by atoms with van der Waals surface area (Å²) in [5.74, 6) is 0.890. The number of H-pyrrole nitrogens is 1. The number of aromatic nitrogens is 1. The van der Waals surface area contributed by atoms with Gasteiger partial charge in [0.2, 0.25) is 5.91 Å². The molecule has 0 spiro atoms. The highest BCUT2D eigenvalue weighted by Gasteiger charge is 2.32. The number of likely N-dealkylation sites (tertiary alicyclic amines) is 1. The van der Waals surface area contributed by atoms with Crippen LogP contribution in [0.3, 0.4) is 0 Å². The third-order valence-electron chi connectivity index (χ3n) is 4.83. The number of nitrogens with zero attached hydrogens (tertiary/aromatic N) is 1. The van der Waals surface area contributed by atoms with Crippen LogP contribution in [0, 0.1) is 5.41 Å². The van der Waals surface area contributed by atoms with Crippen molar-refractivity contribution in [3.05, 3.63) is 30.0 Å². The average Bonchev–Trinajstić information content (AvgIpc) is 2.98. The van der Waals surface area contributed by atoms with Gasteiger partial charge in [-0.15, -0.1) is 0 Å². The van der Waals surface area contributed by atoms with Crippen molar-refractivity contribution in [2.24, 2.45) is 5.41 Å². The summed E-state index contributed by atoms with van der Waals surface area (Å²) >= 11 is 0. The van der Waals surface area contributed by atoms with Crippen LogP contribution < -0.4 is 4.74 Å². The molecule has 1 atom stereocenters. The lowest BCUT2D eigenvalue weighted by atomic mass is 9.82. The van der Waals surface area contributed by atoms with Gasteiger partial charge in [-0.3, -0.25) is 4.79 Å². The van der Waals surface area contributed by atoms with Crippen molar-refractivity contribution in [3.8, 4) is 5.75 Å². The van der Waals surface area contributed by atoms with Crippen LogP contribution in [0.5, 0.6) is 5.75 Å². The zero-order valence-electron chi connectivity index (χ0n) is 13.8. The Morgan fingerprint density at radius 3 is 3.04 bits per heavy atom. The van der Waals surface area contributed by atoms with Crippen molar-refractivity contribution < 1.29 is 14.6 Å². The van der Waals surface area contributed by atoms with E-state index in [1.54, 1.807) is 7.11 Å². The third-order valence-corrected chi connectivity index (χ3v) is 4.83.